The zero-order chi connectivity index (χ0) is 26.7. The van der Waals surface area contributed by atoms with Crippen LogP contribution in [0.15, 0.2) is 66.7 Å². The number of hydrogen-bond donors (Lipinski definition) is 1. The molecule has 2 aliphatic rings. The van der Waals surface area contributed by atoms with E-state index < -0.39 is 18.2 Å². The van der Waals surface area contributed by atoms with Gasteiger partial charge >= 0.3 is 12.3 Å². The van der Waals surface area contributed by atoms with E-state index in [-0.39, 0.29) is 36.5 Å². The van der Waals surface area contributed by atoms with Crippen LogP contribution in [0.4, 0.5) is 8.78 Å². The third-order valence-electron chi connectivity index (χ3n) is 6.63. The molecule has 3 aromatic rings. The Kier molecular flexibility index (Phi) is 7.18. The van der Waals surface area contributed by atoms with Gasteiger partial charge < -0.3 is 24.3 Å². The van der Waals surface area contributed by atoms with E-state index in [9.17, 15) is 18.4 Å². The topological polar surface area (TPSA) is 83.1 Å². The van der Waals surface area contributed by atoms with Crippen LogP contribution in [0.1, 0.15) is 42.7 Å². The normalized spacial score (nSPS) is 18.1. The minimum atomic E-state index is -3.73. The van der Waals surface area contributed by atoms with Crippen LogP contribution >= 0.6 is 0 Å². The Morgan fingerprint density at radius 3 is 2.58 bits per heavy atom. The molecule has 0 aromatic heterocycles. The monoisotopic (exact) mass is 523 g/mol. The van der Waals surface area contributed by atoms with Gasteiger partial charge in [0.1, 0.15) is 5.75 Å². The molecule has 7 nitrogen and oxygen atoms in total. The number of carbonyl (C=O) groups excluding carboxylic acids is 2. The van der Waals surface area contributed by atoms with Crippen LogP contribution in [-0.2, 0) is 14.3 Å². The Balaban J connectivity index is 1.37. The number of methoxy groups -OCH3 is 1. The smallest absolute Gasteiger partial charge is 0.484 e. The standard InChI is InChI=1S/C29H27F2NO6/c1-35-28(34)16-24(20-10-12-25-26(15-20)38-29(30,31)37-25)19-8-7-18-9-11-23(14-21(18)13-19)36-17-27(33)32-22-5-3-2-4-6-22/h3,5,7-15,22,24H,2,4,6,16-17H2,1H3,(H,32,33). The summed E-state index contributed by atoms with van der Waals surface area (Å²) in [5.41, 5.74) is 1.36. The van der Waals surface area contributed by atoms with Crippen LogP contribution < -0.4 is 19.5 Å². The highest BCUT2D eigenvalue weighted by Crippen LogP contribution is 2.43. The first kappa shape index (κ1) is 25.5. The average Bonchev–Trinajstić information content (AvgIpc) is 3.23. The van der Waals surface area contributed by atoms with Gasteiger partial charge in [-0.15, -0.1) is 8.78 Å². The maximum Gasteiger partial charge on any atom is 0.586 e. The minimum Gasteiger partial charge on any atom is -0.484 e. The molecule has 9 heteroatoms. The number of hydrogen-bond acceptors (Lipinski definition) is 6. The van der Waals surface area contributed by atoms with Crippen molar-refractivity contribution in [3.8, 4) is 17.2 Å². The largest absolute Gasteiger partial charge is 0.586 e. The van der Waals surface area contributed by atoms with Gasteiger partial charge in [-0.2, -0.15) is 0 Å². The molecule has 1 amide bonds. The third-order valence-corrected chi connectivity index (χ3v) is 6.63. The summed E-state index contributed by atoms with van der Waals surface area (Å²) in [5, 5.41) is 4.72. The first-order chi connectivity index (χ1) is 18.3. The molecule has 0 bridgehead atoms. The lowest BCUT2D eigenvalue weighted by atomic mass is 9.87. The Bertz CT molecular complexity index is 1390. The molecule has 1 N–H and O–H groups in total. The number of ether oxygens (including phenoxy) is 4. The van der Waals surface area contributed by atoms with Crippen LogP contribution in [0, 0.1) is 0 Å². The van der Waals surface area contributed by atoms with E-state index in [1.807, 2.05) is 36.4 Å². The van der Waals surface area contributed by atoms with Crippen LogP contribution in [0.5, 0.6) is 17.2 Å². The van der Waals surface area contributed by atoms with Crippen LogP contribution in [0.25, 0.3) is 10.8 Å². The van der Waals surface area contributed by atoms with Gasteiger partial charge in [0, 0.05) is 12.0 Å². The second kappa shape index (κ2) is 10.7. The van der Waals surface area contributed by atoms with E-state index in [0.29, 0.717) is 11.3 Å². The Hall–Kier alpha value is -4.14. The molecule has 1 aliphatic heterocycles. The second-order valence-electron chi connectivity index (χ2n) is 9.30. The number of amides is 1. The van der Waals surface area contributed by atoms with Crippen molar-refractivity contribution in [2.24, 2.45) is 0 Å². The number of alkyl halides is 2. The summed E-state index contributed by atoms with van der Waals surface area (Å²) < 4.78 is 46.8. The van der Waals surface area contributed by atoms with Crippen molar-refractivity contribution in [3.05, 3.63) is 77.9 Å². The van der Waals surface area contributed by atoms with Gasteiger partial charge in [-0.25, -0.2) is 0 Å². The quantitative estimate of drug-likeness (QED) is 0.312. The first-order valence-corrected chi connectivity index (χ1v) is 12.4. The molecule has 0 saturated heterocycles. The molecule has 38 heavy (non-hydrogen) atoms. The molecule has 0 spiro atoms. The van der Waals surface area contributed by atoms with E-state index in [4.69, 9.17) is 9.47 Å². The van der Waals surface area contributed by atoms with Gasteiger partial charge in [-0.3, -0.25) is 9.59 Å². The lowest BCUT2D eigenvalue weighted by molar-refractivity contribution is -0.286. The number of rotatable bonds is 8. The van der Waals surface area contributed by atoms with Crippen molar-refractivity contribution >= 4 is 22.6 Å². The van der Waals surface area contributed by atoms with Crippen LogP contribution in [-0.4, -0.2) is 37.9 Å². The van der Waals surface area contributed by atoms with Gasteiger partial charge in [0.15, 0.2) is 18.1 Å². The molecule has 0 saturated carbocycles. The maximum absolute atomic E-state index is 13.5. The predicted octanol–water partition coefficient (Wildman–Crippen LogP) is 5.46. The summed E-state index contributed by atoms with van der Waals surface area (Å²) in [6.45, 7) is -0.109. The minimum absolute atomic E-state index is 0.00990. The van der Waals surface area contributed by atoms with Gasteiger partial charge in [0.05, 0.1) is 13.5 Å². The number of halogens is 2. The van der Waals surface area contributed by atoms with Crippen molar-refractivity contribution in [2.75, 3.05) is 13.7 Å². The van der Waals surface area contributed by atoms with E-state index in [0.717, 1.165) is 35.6 Å². The fraction of sp³-hybridized carbons (Fsp3) is 0.310. The van der Waals surface area contributed by atoms with Crippen molar-refractivity contribution in [1.82, 2.24) is 5.32 Å². The third kappa shape index (κ3) is 5.88. The number of fused-ring (bicyclic) bond motifs is 2. The molecule has 3 aromatic carbocycles. The van der Waals surface area contributed by atoms with Gasteiger partial charge in [0.25, 0.3) is 5.91 Å². The lowest BCUT2D eigenvalue weighted by Gasteiger charge is -2.19. The highest BCUT2D eigenvalue weighted by Gasteiger charge is 2.43. The Morgan fingerprint density at radius 1 is 1.03 bits per heavy atom. The zero-order valence-electron chi connectivity index (χ0n) is 20.7. The van der Waals surface area contributed by atoms with Gasteiger partial charge in [0.2, 0.25) is 0 Å². The van der Waals surface area contributed by atoms with E-state index in [1.165, 1.54) is 19.2 Å². The zero-order valence-corrected chi connectivity index (χ0v) is 20.7. The number of allylic oxidation sites excluding steroid dienone is 1. The maximum atomic E-state index is 13.5. The summed E-state index contributed by atoms with van der Waals surface area (Å²) in [7, 11) is 1.30. The molecule has 5 rings (SSSR count). The summed E-state index contributed by atoms with van der Waals surface area (Å²) in [6, 6.07) is 15.7. The summed E-state index contributed by atoms with van der Waals surface area (Å²) in [6.07, 6.45) is 3.34. The molecule has 1 aliphatic carbocycles. The molecule has 0 radical (unpaired) electrons. The van der Waals surface area contributed by atoms with E-state index in [2.05, 4.69) is 20.9 Å². The summed E-state index contributed by atoms with van der Waals surface area (Å²) in [4.78, 5) is 24.6. The number of esters is 1. The predicted molar refractivity (Wildman–Crippen MR) is 135 cm³/mol. The molecule has 2 atom stereocenters. The molecule has 1 heterocycles. The van der Waals surface area contributed by atoms with Crippen molar-refractivity contribution in [1.29, 1.82) is 0 Å². The van der Waals surface area contributed by atoms with Crippen LogP contribution in [0.3, 0.4) is 0 Å². The van der Waals surface area contributed by atoms with Crippen molar-refractivity contribution in [2.45, 2.75) is 43.9 Å². The molecular formula is C29H27F2NO6. The van der Waals surface area contributed by atoms with E-state index in [1.54, 1.807) is 12.1 Å². The van der Waals surface area contributed by atoms with Crippen molar-refractivity contribution < 1.29 is 37.3 Å². The highest BCUT2D eigenvalue weighted by atomic mass is 19.3. The Labute approximate surface area is 218 Å². The fourth-order valence-corrected chi connectivity index (χ4v) is 4.74. The lowest BCUT2D eigenvalue weighted by Crippen LogP contribution is -2.37. The molecule has 0 fully saturated rings. The molecule has 198 valence electrons. The van der Waals surface area contributed by atoms with Crippen LogP contribution in [0.2, 0.25) is 0 Å². The molecular weight excluding hydrogens is 496 g/mol. The number of benzene rings is 3. The van der Waals surface area contributed by atoms with E-state index >= 15 is 0 Å². The highest BCUT2D eigenvalue weighted by molar-refractivity contribution is 5.85. The molecule has 2 unspecified atom stereocenters. The first-order valence-electron chi connectivity index (χ1n) is 12.4. The summed E-state index contributed by atoms with van der Waals surface area (Å²) >= 11 is 0. The summed E-state index contributed by atoms with van der Waals surface area (Å²) in [5.74, 6) is -0.774. The second-order valence-corrected chi connectivity index (χ2v) is 9.30. The van der Waals surface area contributed by atoms with Gasteiger partial charge in [-0.1, -0.05) is 42.5 Å². The number of carbonyl (C=O) groups is 2. The van der Waals surface area contributed by atoms with Gasteiger partial charge in [-0.05, 0) is 65.4 Å². The average molecular weight is 524 g/mol. The fourth-order valence-electron chi connectivity index (χ4n) is 4.74. The number of nitrogens with one attached hydrogen (secondary N) is 1. The Morgan fingerprint density at radius 2 is 1.79 bits per heavy atom. The SMILES string of the molecule is COC(=O)CC(c1ccc2c(c1)OC(F)(F)O2)c1ccc2ccc(OCC(=O)NC3C=CCCC3)cc2c1. The van der Waals surface area contributed by atoms with Crippen molar-refractivity contribution in [3.63, 3.8) is 0 Å².